The Morgan fingerprint density at radius 2 is 1.81 bits per heavy atom. The maximum Gasteiger partial charge on any atom is 0.293 e. The van der Waals surface area contributed by atoms with E-state index in [4.69, 9.17) is 10.00 Å². The van der Waals surface area contributed by atoms with Crippen LogP contribution in [0.15, 0.2) is 58.3 Å². The molecule has 8 nitrogen and oxygen atoms in total. The monoisotopic (exact) mass is 457 g/mol. The number of sulfonamides is 1. The van der Waals surface area contributed by atoms with Gasteiger partial charge in [-0.05, 0) is 66.7 Å². The lowest BCUT2D eigenvalue weighted by molar-refractivity contribution is -0.122. The van der Waals surface area contributed by atoms with Crippen molar-refractivity contribution in [3.8, 4) is 11.8 Å². The number of carbonyl (C=O) groups excluding carboxylic acids is 2. The maximum atomic E-state index is 12.6. The lowest BCUT2D eigenvalue weighted by Crippen LogP contribution is -2.37. The lowest BCUT2D eigenvalue weighted by Gasteiger charge is -2.13. The average molecular weight is 458 g/mol. The zero-order chi connectivity index (χ0) is 22.4. The van der Waals surface area contributed by atoms with Gasteiger partial charge >= 0.3 is 0 Å². The molecule has 31 heavy (non-hydrogen) atoms. The molecule has 0 unspecified atom stereocenters. The van der Waals surface area contributed by atoms with E-state index in [0.29, 0.717) is 17.9 Å². The Morgan fingerprint density at radius 1 is 1.13 bits per heavy atom. The second-order valence-corrected chi connectivity index (χ2v) is 9.13. The quantitative estimate of drug-likeness (QED) is 0.606. The molecule has 0 bridgehead atoms. The van der Waals surface area contributed by atoms with E-state index >= 15 is 0 Å². The summed E-state index contributed by atoms with van der Waals surface area (Å²) in [5, 5.41) is 8.34. The molecular formula is C21H19N3O5S2. The Bertz CT molecular complexity index is 1150. The van der Waals surface area contributed by atoms with Crippen LogP contribution in [0.1, 0.15) is 18.1 Å². The number of carbonyl (C=O) groups is 2. The number of hydrogen-bond acceptors (Lipinski definition) is 7. The number of ether oxygens (including phenoxy) is 1. The van der Waals surface area contributed by atoms with E-state index in [2.05, 4.69) is 4.72 Å². The first-order valence-corrected chi connectivity index (χ1v) is 11.6. The summed E-state index contributed by atoms with van der Waals surface area (Å²) in [5.41, 5.74) is 1.09. The summed E-state index contributed by atoms with van der Waals surface area (Å²) in [7, 11) is -3.82. The molecule has 1 fully saturated rings. The van der Waals surface area contributed by atoms with Gasteiger partial charge in [0.1, 0.15) is 5.75 Å². The third kappa shape index (κ3) is 5.52. The molecule has 3 rings (SSSR count). The number of imide groups is 1. The van der Waals surface area contributed by atoms with Gasteiger partial charge in [0, 0.05) is 13.1 Å². The van der Waals surface area contributed by atoms with Crippen molar-refractivity contribution in [2.24, 2.45) is 0 Å². The average Bonchev–Trinajstić information content (AvgIpc) is 3.02. The van der Waals surface area contributed by atoms with Crippen LogP contribution in [-0.4, -0.2) is 44.2 Å². The van der Waals surface area contributed by atoms with E-state index in [9.17, 15) is 18.0 Å². The van der Waals surface area contributed by atoms with Crippen molar-refractivity contribution >= 4 is 39.0 Å². The molecule has 2 aromatic rings. The molecule has 0 spiro atoms. The van der Waals surface area contributed by atoms with Crippen LogP contribution in [0.3, 0.4) is 0 Å². The number of thioether (sulfide) groups is 1. The Labute approximate surface area is 184 Å². The third-order valence-corrected chi connectivity index (χ3v) is 6.67. The van der Waals surface area contributed by atoms with Gasteiger partial charge < -0.3 is 4.74 Å². The number of hydrogen-bond donors (Lipinski definition) is 1. The van der Waals surface area contributed by atoms with Crippen LogP contribution < -0.4 is 9.46 Å². The van der Waals surface area contributed by atoms with Crippen LogP contribution in [-0.2, 0) is 14.8 Å². The van der Waals surface area contributed by atoms with E-state index in [-0.39, 0.29) is 22.9 Å². The molecule has 2 aromatic carbocycles. The van der Waals surface area contributed by atoms with E-state index in [0.717, 1.165) is 22.2 Å². The summed E-state index contributed by atoms with van der Waals surface area (Å²) in [6, 6.07) is 14.5. The highest BCUT2D eigenvalue weighted by atomic mass is 32.2. The van der Waals surface area contributed by atoms with E-state index in [1.165, 1.54) is 24.3 Å². The first-order chi connectivity index (χ1) is 14.8. The number of nitrogens with one attached hydrogen (secondary N) is 1. The molecule has 1 saturated heterocycles. The standard InChI is InChI=1S/C21H19N3O5S2/c1-2-29-17-7-3-15(4-8-17)13-19-20(25)24(21(26)30-19)12-11-23-31(27,28)18-9-5-16(14-22)6-10-18/h3-10,13,23H,2,11-12H2,1H3/b19-13+. The third-order valence-electron chi connectivity index (χ3n) is 4.28. The fraction of sp³-hybridized carbons (Fsp3) is 0.190. The van der Waals surface area contributed by atoms with Crippen molar-refractivity contribution in [1.82, 2.24) is 9.62 Å². The summed E-state index contributed by atoms with van der Waals surface area (Å²) in [5.74, 6) is 0.240. The van der Waals surface area contributed by atoms with Crippen LogP contribution in [0.2, 0.25) is 0 Å². The van der Waals surface area contributed by atoms with Crippen molar-refractivity contribution in [3.63, 3.8) is 0 Å². The lowest BCUT2D eigenvalue weighted by atomic mass is 10.2. The molecule has 1 heterocycles. The van der Waals surface area contributed by atoms with E-state index in [1.54, 1.807) is 30.3 Å². The summed E-state index contributed by atoms with van der Waals surface area (Å²) in [4.78, 5) is 26.1. The van der Waals surface area contributed by atoms with Gasteiger partial charge in [-0.25, -0.2) is 13.1 Å². The smallest absolute Gasteiger partial charge is 0.293 e. The van der Waals surface area contributed by atoms with Gasteiger partial charge in [-0.15, -0.1) is 0 Å². The Kier molecular flexibility index (Phi) is 7.12. The minimum Gasteiger partial charge on any atom is -0.494 e. The Balaban J connectivity index is 1.61. The van der Waals surface area contributed by atoms with Crippen molar-refractivity contribution in [1.29, 1.82) is 5.26 Å². The fourth-order valence-electron chi connectivity index (χ4n) is 2.75. The molecule has 1 aliphatic rings. The molecule has 0 aliphatic carbocycles. The second-order valence-electron chi connectivity index (χ2n) is 6.37. The number of rotatable bonds is 8. The molecule has 0 atom stereocenters. The maximum absolute atomic E-state index is 12.6. The van der Waals surface area contributed by atoms with Crippen molar-refractivity contribution in [2.45, 2.75) is 11.8 Å². The predicted octanol–water partition coefficient (Wildman–Crippen LogP) is 2.97. The van der Waals surface area contributed by atoms with Crippen molar-refractivity contribution in [3.05, 3.63) is 64.6 Å². The SMILES string of the molecule is CCOc1ccc(/C=C2/SC(=O)N(CCNS(=O)(=O)c3ccc(C#N)cc3)C2=O)cc1. The fourth-order valence-corrected chi connectivity index (χ4v) is 4.64. The first-order valence-electron chi connectivity index (χ1n) is 9.32. The molecule has 2 amide bonds. The summed E-state index contributed by atoms with van der Waals surface area (Å²) >= 11 is 0.809. The van der Waals surface area contributed by atoms with Crippen LogP contribution in [0, 0.1) is 11.3 Å². The summed E-state index contributed by atoms with van der Waals surface area (Å²) in [6.07, 6.45) is 1.61. The highest BCUT2D eigenvalue weighted by Crippen LogP contribution is 2.32. The van der Waals surface area contributed by atoms with Gasteiger partial charge in [-0.2, -0.15) is 5.26 Å². The molecule has 10 heteroatoms. The zero-order valence-corrected chi connectivity index (χ0v) is 18.2. The number of nitriles is 1. The largest absolute Gasteiger partial charge is 0.494 e. The molecule has 0 saturated carbocycles. The van der Waals surface area contributed by atoms with Crippen molar-refractivity contribution < 1.29 is 22.7 Å². The Hall–Kier alpha value is -3.13. The summed E-state index contributed by atoms with van der Waals surface area (Å²) < 4.78 is 32.4. The van der Waals surface area contributed by atoms with Gasteiger partial charge in [0.15, 0.2) is 0 Å². The van der Waals surface area contributed by atoms with Gasteiger partial charge in [-0.3, -0.25) is 14.5 Å². The summed E-state index contributed by atoms with van der Waals surface area (Å²) in [6.45, 7) is 2.21. The molecule has 0 aromatic heterocycles. The Morgan fingerprint density at radius 3 is 2.42 bits per heavy atom. The minimum atomic E-state index is -3.82. The van der Waals surface area contributed by atoms with Crippen LogP contribution >= 0.6 is 11.8 Å². The predicted molar refractivity (Wildman–Crippen MR) is 117 cm³/mol. The second kappa shape index (κ2) is 9.78. The van der Waals surface area contributed by atoms with Gasteiger partial charge in [-0.1, -0.05) is 12.1 Å². The van der Waals surface area contributed by atoms with E-state index in [1.807, 2.05) is 13.0 Å². The number of nitrogens with zero attached hydrogens (tertiary/aromatic N) is 2. The van der Waals surface area contributed by atoms with Crippen LogP contribution in [0.4, 0.5) is 4.79 Å². The minimum absolute atomic E-state index is 0.00367. The molecular weight excluding hydrogens is 438 g/mol. The van der Waals surface area contributed by atoms with Crippen LogP contribution in [0.5, 0.6) is 5.75 Å². The van der Waals surface area contributed by atoms with Gasteiger partial charge in [0.05, 0.1) is 28.0 Å². The number of benzene rings is 2. The van der Waals surface area contributed by atoms with Crippen molar-refractivity contribution in [2.75, 3.05) is 19.7 Å². The highest BCUT2D eigenvalue weighted by molar-refractivity contribution is 8.18. The molecule has 160 valence electrons. The number of amides is 2. The van der Waals surface area contributed by atoms with E-state index < -0.39 is 21.2 Å². The zero-order valence-electron chi connectivity index (χ0n) is 16.6. The molecule has 1 aliphatic heterocycles. The molecule has 0 radical (unpaired) electrons. The first kappa shape index (κ1) is 22.6. The van der Waals surface area contributed by atoms with Crippen LogP contribution in [0.25, 0.3) is 6.08 Å². The normalized spacial score (nSPS) is 15.4. The van der Waals surface area contributed by atoms with Gasteiger partial charge in [0.2, 0.25) is 10.0 Å². The molecule has 1 N–H and O–H groups in total. The van der Waals surface area contributed by atoms with Gasteiger partial charge in [0.25, 0.3) is 11.1 Å². The highest BCUT2D eigenvalue weighted by Gasteiger charge is 2.34. The topological polar surface area (TPSA) is 117 Å².